The van der Waals surface area contributed by atoms with Crippen molar-refractivity contribution in [1.82, 2.24) is 0 Å². The molecule has 1 heteroatoms. The fourth-order valence-electron chi connectivity index (χ4n) is 2.96. The molecule has 0 aliphatic heterocycles. The van der Waals surface area contributed by atoms with Gasteiger partial charge in [-0.15, -0.1) is 6.58 Å². The Hall–Kier alpha value is -2.64. The summed E-state index contributed by atoms with van der Waals surface area (Å²) in [5.41, 5.74) is 2.37. The number of benzene rings is 3. The van der Waals surface area contributed by atoms with Crippen LogP contribution in [0.4, 0.5) is 0 Å². The fourth-order valence-corrected chi connectivity index (χ4v) is 2.96. The smallest absolute Gasteiger partial charge is 0.0946 e. The van der Waals surface area contributed by atoms with E-state index in [0.29, 0.717) is 0 Å². The lowest BCUT2D eigenvalue weighted by Gasteiger charge is -2.21. The van der Waals surface area contributed by atoms with Crippen LogP contribution < -0.4 is 0 Å². The molecule has 0 heterocycles. The van der Waals surface area contributed by atoms with Gasteiger partial charge in [0.05, 0.1) is 12.2 Å². The van der Waals surface area contributed by atoms with E-state index >= 15 is 0 Å². The monoisotopic (exact) mass is 328 g/mol. The van der Waals surface area contributed by atoms with E-state index in [1.165, 1.54) is 16.3 Å². The van der Waals surface area contributed by atoms with E-state index < -0.39 is 0 Å². The van der Waals surface area contributed by atoms with Gasteiger partial charge in [-0.25, -0.2) is 0 Å². The highest BCUT2D eigenvalue weighted by Gasteiger charge is 2.13. The lowest BCUT2D eigenvalue weighted by molar-refractivity contribution is 0.0339. The maximum absolute atomic E-state index is 6.30. The third kappa shape index (κ3) is 4.46. The van der Waals surface area contributed by atoms with Gasteiger partial charge in [0.1, 0.15) is 0 Å². The number of ether oxygens (including phenoxy) is 1. The molecule has 0 spiro atoms. The summed E-state index contributed by atoms with van der Waals surface area (Å²) in [6.07, 6.45) is 6.85. The maximum Gasteiger partial charge on any atom is 0.0946 e. The van der Waals surface area contributed by atoms with Crippen LogP contribution >= 0.6 is 0 Å². The van der Waals surface area contributed by atoms with Gasteiger partial charge in [-0.05, 0) is 34.4 Å². The Kier molecular flexibility index (Phi) is 5.81. The largest absolute Gasteiger partial charge is 0.362 e. The van der Waals surface area contributed by atoms with Gasteiger partial charge in [-0.3, -0.25) is 0 Å². The number of hydrogen-bond donors (Lipinski definition) is 0. The molecule has 0 N–H and O–H groups in total. The molecule has 0 aliphatic rings. The first-order valence-corrected chi connectivity index (χ1v) is 8.80. The summed E-state index contributed by atoms with van der Waals surface area (Å²) in [4.78, 5) is 0. The Morgan fingerprint density at radius 2 is 1.64 bits per heavy atom. The van der Waals surface area contributed by atoms with Gasteiger partial charge in [0.2, 0.25) is 0 Å². The molecule has 3 aromatic rings. The first-order chi connectivity index (χ1) is 12.3. The molecule has 2 atom stereocenters. The Balaban J connectivity index is 1.76. The Bertz CT molecular complexity index is 848. The second-order valence-corrected chi connectivity index (χ2v) is 6.11. The zero-order valence-corrected chi connectivity index (χ0v) is 14.6. The van der Waals surface area contributed by atoms with Crippen LogP contribution in [-0.4, -0.2) is 6.10 Å². The summed E-state index contributed by atoms with van der Waals surface area (Å²) in [5, 5.41) is 2.50. The van der Waals surface area contributed by atoms with Gasteiger partial charge in [-0.1, -0.05) is 91.9 Å². The molecule has 3 rings (SSSR count). The summed E-state index contributed by atoms with van der Waals surface area (Å²) < 4.78 is 6.30. The van der Waals surface area contributed by atoms with Crippen LogP contribution in [0.15, 0.2) is 91.5 Å². The van der Waals surface area contributed by atoms with Gasteiger partial charge in [-0.2, -0.15) is 0 Å². The molecule has 0 radical (unpaired) electrons. The number of fused-ring (bicyclic) bond motifs is 1. The van der Waals surface area contributed by atoms with Crippen molar-refractivity contribution in [2.45, 2.75) is 25.6 Å². The van der Waals surface area contributed by atoms with E-state index in [0.717, 1.165) is 12.0 Å². The van der Waals surface area contributed by atoms with E-state index in [2.05, 4.69) is 80.3 Å². The molecule has 0 bridgehead atoms. The standard InChI is InChI=1S/C24H24O/c1-3-23(17-14-19-10-6-5-7-11-19)25-24(4-2)22-16-15-20-12-8-9-13-21(20)18-22/h3,5-18,23-24H,1,4H2,2H3/b17-14-/t23-,24+/m1/s1. The molecule has 0 aromatic heterocycles. The van der Waals surface area contributed by atoms with Crippen molar-refractivity contribution in [2.75, 3.05) is 0 Å². The van der Waals surface area contributed by atoms with Crippen molar-refractivity contribution < 1.29 is 4.74 Å². The Morgan fingerprint density at radius 3 is 2.36 bits per heavy atom. The van der Waals surface area contributed by atoms with Crippen molar-refractivity contribution >= 4 is 16.8 Å². The minimum absolute atomic E-state index is 0.0491. The second-order valence-electron chi connectivity index (χ2n) is 6.11. The predicted molar refractivity (Wildman–Crippen MR) is 108 cm³/mol. The SMILES string of the molecule is C=C[C@H](/C=C\c1ccccc1)O[C@@H](CC)c1ccc2ccccc2c1. The molecule has 25 heavy (non-hydrogen) atoms. The van der Waals surface area contributed by atoms with Crippen molar-refractivity contribution in [3.63, 3.8) is 0 Å². The molecule has 0 saturated carbocycles. The molecule has 126 valence electrons. The molecular formula is C24H24O. The molecular weight excluding hydrogens is 304 g/mol. The van der Waals surface area contributed by atoms with E-state index in [4.69, 9.17) is 4.74 Å². The molecule has 1 nitrogen and oxygen atoms in total. The average Bonchev–Trinajstić information content (AvgIpc) is 2.69. The highest BCUT2D eigenvalue weighted by atomic mass is 16.5. The van der Waals surface area contributed by atoms with Crippen molar-refractivity contribution in [2.24, 2.45) is 0 Å². The van der Waals surface area contributed by atoms with Gasteiger partial charge in [0.25, 0.3) is 0 Å². The molecule has 0 fully saturated rings. The molecule has 0 saturated heterocycles. The van der Waals surface area contributed by atoms with Crippen LogP contribution in [-0.2, 0) is 4.74 Å². The van der Waals surface area contributed by atoms with Crippen molar-refractivity contribution in [3.05, 3.63) is 103 Å². The summed E-state index contributed by atoms with van der Waals surface area (Å²) in [7, 11) is 0. The Morgan fingerprint density at radius 1 is 0.920 bits per heavy atom. The third-order valence-electron chi connectivity index (χ3n) is 4.35. The summed E-state index contributed by atoms with van der Waals surface area (Å²) in [5.74, 6) is 0. The predicted octanol–water partition coefficient (Wildman–Crippen LogP) is 6.58. The van der Waals surface area contributed by atoms with Crippen molar-refractivity contribution in [3.8, 4) is 0 Å². The normalized spacial score (nSPS) is 13.8. The highest BCUT2D eigenvalue weighted by molar-refractivity contribution is 5.83. The molecule has 3 aromatic carbocycles. The van der Waals surface area contributed by atoms with E-state index in [1.807, 2.05) is 24.3 Å². The van der Waals surface area contributed by atoms with Crippen LogP contribution in [0.2, 0.25) is 0 Å². The van der Waals surface area contributed by atoms with E-state index in [1.54, 1.807) is 0 Å². The maximum atomic E-state index is 6.30. The minimum Gasteiger partial charge on any atom is -0.362 e. The fraction of sp³-hybridized carbons (Fsp3) is 0.167. The van der Waals surface area contributed by atoms with Gasteiger partial charge < -0.3 is 4.74 Å². The summed E-state index contributed by atoms with van der Waals surface area (Å²) in [6, 6.07) is 25.2. The quantitative estimate of drug-likeness (QED) is 0.445. The summed E-state index contributed by atoms with van der Waals surface area (Å²) >= 11 is 0. The van der Waals surface area contributed by atoms with E-state index in [9.17, 15) is 0 Å². The van der Waals surface area contributed by atoms with Gasteiger partial charge >= 0.3 is 0 Å². The zero-order chi connectivity index (χ0) is 17.5. The molecule has 0 aliphatic carbocycles. The van der Waals surface area contributed by atoms with E-state index in [-0.39, 0.29) is 12.2 Å². The first-order valence-electron chi connectivity index (χ1n) is 8.80. The number of rotatable bonds is 7. The summed E-state index contributed by atoms with van der Waals surface area (Å²) in [6.45, 7) is 6.08. The van der Waals surface area contributed by atoms with Crippen LogP contribution in [0.25, 0.3) is 16.8 Å². The zero-order valence-electron chi connectivity index (χ0n) is 14.6. The first kappa shape index (κ1) is 17.2. The van der Waals surface area contributed by atoms with Crippen LogP contribution in [0, 0.1) is 0 Å². The van der Waals surface area contributed by atoms with Gasteiger partial charge in [0, 0.05) is 0 Å². The second kappa shape index (κ2) is 8.46. The molecule has 0 unspecified atom stereocenters. The van der Waals surface area contributed by atoms with Crippen LogP contribution in [0.1, 0.15) is 30.6 Å². The topological polar surface area (TPSA) is 9.23 Å². The average molecular weight is 328 g/mol. The minimum atomic E-state index is -0.114. The van der Waals surface area contributed by atoms with Gasteiger partial charge in [0.15, 0.2) is 0 Å². The van der Waals surface area contributed by atoms with Crippen LogP contribution in [0.5, 0.6) is 0 Å². The lowest BCUT2D eigenvalue weighted by atomic mass is 10.0. The Labute approximate surface area is 150 Å². The highest BCUT2D eigenvalue weighted by Crippen LogP contribution is 2.27. The third-order valence-corrected chi connectivity index (χ3v) is 4.35. The van der Waals surface area contributed by atoms with Crippen LogP contribution in [0.3, 0.4) is 0 Å². The van der Waals surface area contributed by atoms with Crippen molar-refractivity contribution in [1.29, 1.82) is 0 Å². The molecule has 0 amide bonds. The lowest BCUT2D eigenvalue weighted by Crippen LogP contribution is -2.12. The number of hydrogen-bond acceptors (Lipinski definition) is 1.